The molecule has 0 saturated heterocycles. The zero-order valence-electron chi connectivity index (χ0n) is 15.7. The van der Waals surface area contributed by atoms with Crippen LogP contribution >= 0.6 is 0 Å². The highest BCUT2D eigenvalue weighted by Gasteiger charge is 2.27. The Kier molecular flexibility index (Phi) is 5.96. The minimum atomic E-state index is -0.437. The van der Waals surface area contributed by atoms with Crippen LogP contribution in [0, 0.1) is 0 Å². The Bertz CT molecular complexity index is 807. The van der Waals surface area contributed by atoms with Gasteiger partial charge in [0.25, 0.3) is 0 Å². The van der Waals surface area contributed by atoms with E-state index in [-0.39, 0.29) is 25.5 Å². The van der Waals surface area contributed by atoms with Crippen LogP contribution < -0.4 is 9.64 Å². The van der Waals surface area contributed by atoms with Crippen LogP contribution in [0.5, 0.6) is 5.75 Å². The minimum Gasteiger partial charge on any atom is -0.497 e. The Hall–Kier alpha value is -3.02. The van der Waals surface area contributed by atoms with Crippen molar-refractivity contribution in [2.45, 2.75) is 26.4 Å². The molecule has 0 aromatic heterocycles. The van der Waals surface area contributed by atoms with Crippen LogP contribution in [-0.4, -0.2) is 37.2 Å². The standard InChI is InChI=1S/C21H24N2O4/c1-3-27-21(25)23-12-11-20(24)22(14-16-7-5-4-6-8-16)15-17-13-18(26-2)9-10-19(17)23/h4-10,13H,3,11-12,14-15H2,1-2H3. The number of methoxy groups -OCH3 is 1. The molecule has 27 heavy (non-hydrogen) atoms. The summed E-state index contributed by atoms with van der Waals surface area (Å²) in [4.78, 5) is 28.5. The summed E-state index contributed by atoms with van der Waals surface area (Å²) >= 11 is 0. The van der Waals surface area contributed by atoms with Crippen molar-refractivity contribution in [1.29, 1.82) is 0 Å². The molecule has 0 aliphatic carbocycles. The van der Waals surface area contributed by atoms with Gasteiger partial charge in [-0.3, -0.25) is 9.69 Å². The third-order valence-corrected chi connectivity index (χ3v) is 4.55. The molecule has 2 aromatic carbocycles. The normalized spacial score (nSPS) is 14.2. The lowest BCUT2D eigenvalue weighted by Crippen LogP contribution is -2.40. The van der Waals surface area contributed by atoms with Gasteiger partial charge in [-0.1, -0.05) is 30.3 Å². The van der Waals surface area contributed by atoms with E-state index in [0.29, 0.717) is 18.8 Å². The Labute approximate surface area is 159 Å². The molecule has 2 aromatic rings. The van der Waals surface area contributed by atoms with E-state index < -0.39 is 6.09 Å². The molecule has 0 spiro atoms. The number of carbonyl (C=O) groups is 2. The highest BCUT2D eigenvalue weighted by Crippen LogP contribution is 2.30. The van der Waals surface area contributed by atoms with Crippen LogP contribution in [0.25, 0.3) is 0 Å². The summed E-state index contributed by atoms with van der Waals surface area (Å²) in [6, 6.07) is 15.4. The van der Waals surface area contributed by atoms with Gasteiger partial charge in [-0.05, 0) is 36.2 Å². The largest absolute Gasteiger partial charge is 0.497 e. The Morgan fingerprint density at radius 1 is 1.15 bits per heavy atom. The van der Waals surface area contributed by atoms with Crippen LogP contribution in [0.4, 0.5) is 10.5 Å². The second-order valence-corrected chi connectivity index (χ2v) is 6.33. The van der Waals surface area contributed by atoms with Crippen LogP contribution in [0.2, 0.25) is 0 Å². The first-order chi connectivity index (χ1) is 13.1. The van der Waals surface area contributed by atoms with Crippen molar-refractivity contribution in [1.82, 2.24) is 4.90 Å². The van der Waals surface area contributed by atoms with Crippen LogP contribution in [0.3, 0.4) is 0 Å². The molecule has 3 rings (SSSR count). The maximum Gasteiger partial charge on any atom is 0.414 e. The molecule has 1 heterocycles. The van der Waals surface area contributed by atoms with E-state index >= 15 is 0 Å². The maximum absolute atomic E-state index is 12.8. The van der Waals surface area contributed by atoms with Crippen molar-refractivity contribution in [2.24, 2.45) is 0 Å². The molecule has 2 amide bonds. The monoisotopic (exact) mass is 368 g/mol. The predicted molar refractivity (Wildman–Crippen MR) is 103 cm³/mol. The van der Waals surface area contributed by atoms with E-state index in [4.69, 9.17) is 9.47 Å². The molecule has 0 radical (unpaired) electrons. The number of hydrogen-bond acceptors (Lipinski definition) is 4. The number of hydrogen-bond donors (Lipinski definition) is 0. The Morgan fingerprint density at radius 3 is 2.63 bits per heavy atom. The van der Waals surface area contributed by atoms with E-state index in [2.05, 4.69) is 0 Å². The van der Waals surface area contributed by atoms with Crippen LogP contribution in [-0.2, 0) is 22.6 Å². The second kappa shape index (κ2) is 8.58. The summed E-state index contributed by atoms with van der Waals surface area (Å²) in [5.74, 6) is 0.687. The van der Waals surface area contributed by atoms with Gasteiger partial charge < -0.3 is 14.4 Å². The molecule has 0 bridgehead atoms. The fraction of sp³-hybridized carbons (Fsp3) is 0.333. The molecular weight excluding hydrogens is 344 g/mol. The van der Waals surface area contributed by atoms with Gasteiger partial charge in [-0.15, -0.1) is 0 Å². The van der Waals surface area contributed by atoms with E-state index in [1.165, 1.54) is 4.90 Å². The third kappa shape index (κ3) is 4.39. The molecule has 142 valence electrons. The third-order valence-electron chi connectivity index (χ3n) is 4.55. The van der Waals surface area contributed by atoms with Crippen molar-refractivity contribution in [3.05, 3.63) is 59.7 Å². The van der Waals surface area contributed by atoms with Crippen molar-refractivity contribution in [3.63, 3.8) is 0 Å². The second-order valence-electron chi connectivity index (χ2n) is 6.33. The Morgan fingerprint density at radius 2 is 1.93 bits per heavy atom. The van der Waals surface area contributed by atoms with Crippen LogP contribution in [0.1, 0.15) is 24.5 Å². The van der Waals surface area contributed by atoms with Gasteiger partial charge in [0.2, 0.25) is 5.91 Å². The molecule has 0 N–H and O–H groups in total. The maximum atomic E-state index is 12.8. The molecular formula is C21H24N2O4. The molecule has 0 unspecified atom stereocenters. The lowest BCUT2D eigenvalue weighted by Gasteiger charge is -2.32. The number of fused-ring (bicyclic) bond motifs is 1. The van der Waals surface area contributed by atoms with Crippen molar-refractivity contribution in [3.8, 4) is 5.75 Å². The zero-order chi connectivity index (χ0) is 19.2. The average molecular weight is 368 g/mol. The number of benzene rings is 2. The highest BCUT2D eigenvalue weighted by molar-refractivity contribution is 5.90. The molecule has 6 nitrogen and oxygen atoms in total. The summed E-state index contributed by atoms with van der Waals surface area (Å²) in [5, 5.41) is 0. The van der Waals surface area contributed by atoms with E-state index in [0.717, 1.165) is 16.8 Å². The average Bonchev–Trinajstić information content (AvgIpc) is 2.68. The quantitative estimate of drug-likeness (QED) is 0.827. The van der Waals surface area contributed by atoms with E-state index in [1.807, 2.05) is 53.4 Å². The van der Waals surface area contributed by atoms with E-state index in [1.54, 1.807) is 14.0 Å². The summed E-state index contributed by atoms with van der Waals surface area (Å²) in [5.41, 5.74) is 2.67. The molecule has 6 heteroatoms. The summed E-state index contributed by atoms with van der Waals surface area (Å²) < 4.78 is 10.5. The molecule has 1 aliphatic rings. The lowest BCUT2D eigenvalue weighted by molar-refractivity contribution is -0.132. The number of carbonyl (C=O) groups excluding carboxylic acids is 2. The SMILES string of the molecule is CCOC(=O)N1CCC(=O)N(Cc2ccccc2)Cc2cc(OC)ccc21. The van der Waals surface area contributed by atoms with Gasteiger partial charge in [-0.2, -0.15) is 0 Å². The van der Waals surface area contributed by atoms with Gasteiger partial charge in [0.1, 0.15) is 5.75 Å². The molecule has 1 aliphatic heterocycles. The fourth-order valence-corrected chi connectivity index (χ4v) is 3.20. The Balaban J connectivity index is 1.95. The first-order valence-corrected chi connectivity index (χ1v) is 9.05. The molecule has 0 saturated carbocycles. The predicted octanol–water partition coefficient (Wildman–Crippen LogP) is 3.59. The van der Waals surface area contributed by atoms with Gasteiger partial charge in [0, 0.05) is 26.1 Å². The van der Waals surface area contributed by atoms with Crippen LogP contribution in [0.15, 0.2) is 48.5 Å². The van der Waals surface area contributed by atoms with Gasteiger partial charge in [-0.25, -0.2) is 4.79 Å². The zero-order valence-corrected chi connectivity index (χ0v) is 15.7. The van der Waals surface area contributed by atoms with E-state index in [9.17, 15) is 9.59 Å². The highest BCUT2D eigenvalue weighted by atomic mass is 16.6. The smallest absolute Gasteiger partial charge is 0.414 e. The van der Waals surface area contributed by atoms with Crippen molar-refractivity contribution in [2.75, 3.05) is 25.2 Å². The number of rotatable bonds is 4. The number of ether oxygens (including phenoxy) is 2. The molecule has 0 fully saturated rings. The van der Waals surface area contributed by atoms with Crippen molar-refractivity contribution < 1.29 is 19.1 Å². The summed E-state index contributed by atoms with van der Waals surface area (Å²) in [6.45, 7) is 3.26. The number of nitrogens with zero attached hydrogens (tertiary/aromatic N) is 2. The minimum absolute atomic E-state index is 0.00150. The summed E-state index contributed by atoms with van der Waals surface area (Å²) in [7, 11) is 1.60. The lowest BCUT2D eigenvalue weighted by atomic mass is 10.1. The fourth-order valence-electron chi connectivity index (χ4n) is 3.20. The first-order valence-electron chi connectivity index (χ1n) is 9.05. The van der Waals surface area contributed by atoms with Gasteiger partial charge >= 0.3 is 6.09 Å². The summed E-state index contributed by atoms with van der Waals surface area (Å²) in [6.07, 6.45) is -0.190. The number of amides is 2. The molecule has 0 atom stereocenters. The van der Waals surface area contributed by atoms with Gasteiger partial charge in [0.15, 0.2) is 0 Å². The van der Waals surface area contributed by atoms with Gasteiger partial charge in [0.05, 0.1) is 19.4 Å². The first kappa shape index (κ1) is 18.8. The number of anilines is 1. The topological polar surface area (TPSA) is 59.1 Å². The van der Waals surface area contributed by atoms with Crippen molar-refractivity contribution >= 4 is 17.7 Å².